The van der Waals surface area contributed by atoms with Gasteiger partial charge in [0.2, 0.25) is 11.7 Å². The van der Waals surface area contributed by atoms with Crippen molar-refractivity contribution >= 4 is 17.6 Å². The van der Waals surface area contributed by atoms with Crippen LogP contribution < -0.4 is 16.6 Å². The van der Waals surface area contributed by atoms with Gasteiger partial charge in [0.1, 0.15) is 0 Å². The van der Waals surface area contributed by atoms with Crippen LogP contribution in [-0.4, -0.2) is 47.7 Å². The molecule has 2 unspecified atom stereocenters. The highest BCUT2D eigenvalue weighted by Gasteiger charge is 2.33. The first-order chi connectivity index (χ1) is 8.99. The zero-order chi connectivity index (χ0) is 14.4. The number of nitrogens with zero attached hydrogens (tertiary/aromatic N) is 1. The van der Waals surface area contributed by atoms with E-state index in [0.29, 0.717) is 25.9 Å². The number of hydrogen-bond donors (Lipinski definition) is 3. The third kappa shape index (κ3) is 4.29. The summed E-state index contributed by atoms with van der Waals surface area (Å²) in [5.74, 6) is 4.13. The lowest BCUT2D eigenvalue weighted by Crippen LogP contribution is -2.49. The maximum atomic E-state index is 12.0. The van der Waals surface area contributed by atoms with Crippen molar-refractivity contribution in [3.8, 4) is 0 Å². The fraction of sp³-hybridized carbons (Fsp3) is 0.750. The number of ketones is 1. The molecular weight excluding hydrogens is 248 g/mol. The fourth-order valence-corrected chi connectivity index (χ4v) is 2.23. The van der Waals surface area contributed by atoms with Crippen molar-refractivity contribution < 1.29 is 14.4 Å². The third-order valence-corrected chi connectivity index (χ3v) is 3.19. The zero-order valence-corrected chi connectivity index (χ0v) is 11.4. The molecule has 0 radical (unpaired) electrons. The Labute approximate surface area is 112 Å². The SMILES string of the molecule is CCCC(NN)C(=O)C(=O)N1CCC(NC(C)=O)C1. The van der Waals surface area contributed by atoms with Gasteiger partial charge in [-0.3, -0.25) is 20.2 Å². The molecule has 1 rings (SSSR count). The summed E-state index contributed by atoms with van der Waals surface area (Å²) in [5.41, 5.74) is 2.38. The van der Waals surface area contributed by atoms with Crippen LogP contribution >= 0.6 is 0 Å². The van der Waals surface area contributed by atoms with Gasteiger partial charge >= 0.3 is 0 Å². The number of amides is 2. The Kier molecular flexibility index (Phi) is 5.91. The van der Waals surface area contributed by atoms with Gasteiger partial charge in [0.15, 0.2) is 0 Å². The van der Waals surface area contributed by atoms with E-state index in [0.717, 1.165) is 6.42 Å². The van der Waals surface area contributed by atoms with Crippen molar-refractivity contribution in [2.24, 2.45) is 5.84 Å². The molecule has 1 aliphatic heterocycles. The number of hydrazine groups is 1. The second-order valence-electron chi connectivity index (χ2n) is 4.81. The minimum absolute atomic E-state index is 0.0651. The predicted octanol–water partition coefficient (Wildman–Crippen LogP) is -1.08. The molecule has 2 amide bonds. The van der Waals surface area contributed by atoms with Crippen LogP contribution in [0.25, 0.3) is 0 Å². The van der Waals surface area contributed by atoms with E-state index >= 15 is 0 Å². The van der Waals surface area contributed by atoms with E-state index in [-0.39, 0.29) is 11.9 Å². The zero-order valence-electron chi connectivity index (χ0n) is 11.4. The molecule has 1 saturated heterocycles. The summed E-state index contributed by atoms with van der Waals surface area (Å²) in [7, 11) is 0. The Morgan fingerprint density at radius 2 is 2.11 bits per heavy atom. The monoisotopic (exact) mass is 270 g/mol. The van der Waals surface area contributed by atoms with E-state index in [9.17, 15) is 14.4 Å². The topological polar surface area (TPSA) is 105 Å². The van der Waals surface area contributed by atoms with E-state index < -0.39 is 17.7 Å². The average molecular weight is 270 g/mol. The summed E-state index contributed by atoms with van der Waals surface area (Å²) in [5, 5.41) is 2.75. The molecule has 0 spiro atoms. The second-order valence-corrected chi connectivity index (χ2v) is 4.81. The van der Waals surface area contributed by atoms with Crippen LogP contribution in [0.2, 0.25) is 0 Å². The molecule has 1 fully saturated rings. The van der Waals surface area contributed by atoms with Gasteiger partial charge in [-0.1, -0.05) is 13.3 Å². The molecule has 0 aromatic rings. The Bertz CT molecular complexity index is 359. The first-order valence-electron chi connectivity index (χ1n) is 6.55. The van der Waals surface area contributed by atoms with Crippen LogP contribution in [0.4, 0.5) is 0 Å². The van der Waals surface area contributed by atoms with Crippen molar-refractivity contribution in [2.45, 2.75) is 45.2 Å². The Morgan fingerprint density at radius 1 is 1.42 bits per heavy atom. The summed E-state index contributed by atoms with van der Waals surface area (Å²) in [4.78, 5) is 36.4. The summed E-state index contributed by atoms with van der Waals surface area (Å²) in [6.45, 7) is 4.22. The number of likely N-dealkylation sites (tertiary alicyclic amines) is 1. The normalized spacial score (nSPS) is 20.2. The number of hydrogen-bond acceptors (Lipinski definition) is 5. The van der Waals surface area contributed by atoms with Gasteiger partial charge in [-0.15, -0.1) is 0 Å². The molecule has 0 saturated carbocycles. The van der Waals surface area contributed by atoms with Crippen LogP contribution in [0.3, 0.4) is 0 Å². The van der Waals surface area contributed by atoms with Gasteiger partial charge in [0.05, 0.1) is 6.04 Å². The first-order valence-corrected chi connectivity index (χ1v) is 6.55. The molecule has 4 N–H and O–H groups in total. The molecule has 108 valence electrons. The van der Waals surface area contributed by atoms with Crippen LogP contribution in [0.15, 0.2) is 0 Å². The highest BCUT2D eigenvalue weighted by Crippen LogP contribution is 2.11. The Morgan fingerprint density at radius 3 is 2.63 bits per heavy atom. The molecule has 2 atom stereocenters. The highest BCUT2D eigenvalue weighted by atomic mass is 16.2. The number of Topliss-reactive ketones (excluding diaryl/α,β-unsaturated/α-hetero) is 1. The summed E-state index contributed by atoms with van der Waals surface area (Å²) >= 11 is 0. The Balaban J connectivity index is 2.54. The quantitative estimate of drug-likeness (QED) is 0.324. The fourth-order valence-electron chi connectivity index (χ4n) is 2.23. The molecule has 1 aliphatic rings. The molecule has 19 heavy (non-hydrogen) atoms. The standard InChI is InChI=1S/C12H22N4O3/c1-3-4-10(15-13)11(18)12(19)16-6-5-9(7-16)14-8(2)17/h9-10,15H,3-7,13H2,1-2H3,(H,14,17). The van der Waals surface area contributed by atoms with E-state index in [4.69, 9.17) is 5.84 Å². The van der Waals surface area contributed by atoms with Crippen molar-refractivity contribution in [1.29, 1.82) is 0 Å². The molecular formula is C12H22N4O3. The van der Waals surface area contributed by atoms with Crippen LogP contribution in [0.5, 0.6) is 0 Å². The van der Waals surface area contributed by atoms with E-state index in [1.165, 1.54) is 11.8 Å². The summed E-state index contributed by atoms with van der Waals surface area (Å²) in [6, 6.07) is -0.693. The number of rotatable bonds is 6. The molecule has 0 bridgehead atoms. The average Bonchev–Trinajstić information content (AvgIpc) is 2.81. The number of nitrogens with two attached hydrogens (primary N) is 1. The highest BCUT2D eigenvalue weighted by molar-refractivity contribution is 6.38. The number of carbonyl (C=O) groups is 3. The van der Waals surface area contributed by atoms with E-state index in [2.05, 4.69) is 10.7 Å². The maximum absolute atomic E-state index is 12.0. The predicted molar refractivity (Wildman–Crippen MR) is 69.8 cm³/mol. The van der Waals surface area contributed by atoms with Gasteiger partial charge in [0, 0.05) is 26.1 Å². The molecule has 0 aromatic heterocycles. The third-order valence-electron chi connectivity index (χ3n) is 3.19. The largest absolute Gasteiger partial charge is 0.352 e. The van der Waals surface area contributed by atoms with Gasteiger partial charge in [-0.2, -0.15) is 0 Å². The summed E-state index contributed by atoms with van der Waals surface area (Å²) < 4.78 is 0. The lowest BCUT2D eigenvalue weighted by molar-refractivity contribution is -0.145. The minimum Gasteiger partial charge on any atom is -0.352 e. The molecule has 7 nitrogen and oxygen atoms in total. The van der Waals surface area contributed by atoms with Gasteiger partial charge in [-0.25, -0.2) is 5.43 Å². The lowest BCUT2D eigenvalue weighted by atomic mass is 10.1. The van der Waals surface area contributed by atoms with Crippen LogP contribution in [-0.2, 0) is 14.4 Å². The van der Waals surface area contributed by atoms with E-state index in [1.54, 1.807) is 0 Å². The summed E-state index contributed by atoms with van der Waals surface area (Å²) in [6.07, 6.45) is 1.97. The van der Waals surface area contributed by atoms with E-state index in [1.807, 2.05) is 6.92 Å². The lowest BCUT2D eigenvalue weighted by Gasteiger charge is -2.19. The van der Waals surface area contributed by atoms with Crippen LogP contribution in [0, 0.1) is 0 Å². The minimum atomic E-state index is -0.627. The first kappa shape index (κ1) is 15.6. The van der Waals surface area contributed by atoms with Crippen molar-refractivity contribution in [3.63, 3.8) is 0 Å². The number of nitrogens with one attached hydrogen (secondary N) is 2. The van der Waals surface area contributed by atoms with Gasteiger partial charge < -0.3 is 10.2 Å². The molecule has 0 aliphatic carbocycles. The molecule has 7 heteroatoms. The molecule has 0 aromatic carbocycles. The van der Waals surface area contributed by atoms with Gasteiger partial charge in [-0.05, 0) is 12.8 Å². The Hall–Kier alpha value is -1.47. The smallest absolute Gasteiger partial charge is 0.291 e. The van der Waals surface area contributed by atoms with Crippen molar-refractivity contribution in [2.75, 3.05) is 13.1 Å². The second kappa shape index (κ2) is 7.20. The van der Waals surface area contributed by atoms with Crippen molar-refractivity contribution in [3.05, 3.63) is 0 Å². The van der Waals surface area contributed by atoms with Crippen molar-refractivity contribution in [1.82, 2.24) is 15.6 Å². The number of carbonyl (C=O) groups excluding carboxylic acids is 3. The van der Waals surface area contributed by atoms with Gasteiger partial charge in [0.25, 0.3) is 5.91 Å². The van der Waals surface area contributed by atoms with Crippen LogP contribution in [0.1, 0.15) is 33.1 Å². The molecule has 1 heterocycles. The maximum Gasteiger partial charge on any atom is 0.291 e.